The molecule has 0 aliphatic carbocycles. The van der Waals surface area contributed by atoms with Gasteiger partial charge in [0.05, 0.1) is 12.8 Å². The summed E-state index contributed by atoms with van der Waals surface area (Å²) < 4.78 is 5.23. The summed E-state index contributed by atoms with van der Waals surface area (Å²) in [5.41, 5.74) is 3.37. The van der Waals surface area contributed by atoms with Crippen LogP contribution in [0.25, 0.3) is 0 Å². The van der Waals surface area contributed by atoms with Gasteiger partial charge in [0.15, 0.2) is 0 Å². The summed E-state index contributed by atoms with van der Waals surface area (Å²) in [6.07, 6.45) is 3.93. The van der Waals surface area contributed by atoms with E-state index in [1.165, 1.54) is 11.1 Å². The molecule has 0 atom stereocenters. The highest BCUT2D eigenvalue weighted by atomic mass is 16.3. The second kappa shape index (κ2) is 8.39. The maximum absolute atomic E-state index is 12.1. The predicted molar refractivity (Wildman–Crippen MR) is 88.9 cm³/mol. The van der Waals surface area contributed by atoms with Crippen molar-refractivity contribution in [2.75, 3.05) is 11.9 Å². The molecule has 2 rings (SSSR count). The normalized spacial score (nSPS) is 10.6. The van der Waals surface area contributed by atoms with Crippen LogP contribution in [0.4, 0.5) is 5.69 Å². The molecule has 1 amide bonds. The van der Waals surface area contributed by atoms with Crippen molar-refractivity contribution in [3.8, 4) is 0 Å². The lowest BCUT2D eigenvalue weighted by molar-refractivity contribution is -0.116. The molecule has 0 bridgehead atoms. The maximum Gasteiger partial charge on any atom is 0.225 e. The molecule has 1 heterocycles. The number of hydrogen-bond acceptors (Lipinski definition) is 3. The van der Waals surface area contributed by atoms with Gasteiger partial charge in [0.2, 0.25) is 5.91 Å². The number of anilines is 1. The van der Waals surface area contributed by atoms with Crippen molar-refractivity contribution in [1.29, 1.82) is 0 Å². The van der Waals surface area contributed by atoms with Crippen LogP contribution in [0.15, 0.2) is 41.0 Å². The van der Waals surface area contributed by atoms with Gasteiger partial charge in [0.1, 0.15) is 5.76 Å². The molecule has 4 nitrogen and oxygen atoms in total. The minimum Gasteiger partial charge on any atom is -0.468 e. The molecule has 0 spiro atoms. The fraction of sp³-hybridized carbons (Fsp3) is 0.389. The highest BCUT2D eigenvalue weighted by Crippen LogP contribution is 2.22. The molecule has 22 heavy (non-hydrogen) atoms. The first kappa shape index (κ1) is 16.3. The van der Waals surface area contributed by atoms with E-state index >= 15 is 0 Å². The fourth-order valence-corrected chi connectivity index (χ4v) is 2.43. The van der Waals surface area contributed by atoms with Crippen LogP contribution in [0.1, 0.15) is 37.2 Å². The number of nitrogens with one attached hydrogen (secondary N) is 2. The number of carbonyl (C=O) groups excluding carboxylic acids is 1. The van der Waals surface area contributed by atoms with Crippen LogP contribution >= 0.6 is 0 Å². The number of carbonyl (C=O) groups is 1. The SMILES string of the molecule is CCc1cccc(CC)c1NC(=O)CCNCc1ccco1. The zero-order valence-corrected chi connectivity index (χ0v) is 13.3. The summed E-state index contributed by atoms with van der Waals surface area (Å²) in [5, 5.41) is 6.28. The van der Waals surface area contributed by atoms with Crippen LogP contribution in [-0.2, 0) is 24.2 Å². The Morgan fingerprint density at radius 2 is 1.82 bits per heavy atom. The van der Waals surface area contributed by atoms with Crippen LogP contribution in [0.3, 0.4) is 0 Å². The summed E-state index contributed by atoms with van der Waals surface area (Å²) in [6.45, 7) is 5.49. The quantitative estimate of drug-likeness (QED) is 0.733. The van der Waals surface area contributed by atoms with Crippen molar-refractivity contribution in [2.45, 2.75) is 39.7 Å². The summed E-state index contributed by atoms with van der Waals surface area (Å²) in [4.78, 5) is 12.1. The monoisotopic (exact) mass is 300 g/mol. The molecule has 0 radical (unpaired) electrons. The van der Waals surface area contributed by atoms with E-state index in [9.17, 15) is 4.79 Å². The first-order chi connectivity index (χ1) is 10.7. The van der Waals surface area contributed by atoms with Crippen LogP contribution < -0.4 is 10.6 Å². The van der Waals surface area contributed by atoms with Crippen LogP contribution in [0.5, 0.6) is 0 Å². The molecule has 2 aromatic rings. The van der Waals surface area contributed by atoms with Crippen molar-refractivity contribution in [1.82, 2.24) is 5.32 Å². The summed E-state index contributed by atoms with van der Waals surface area (Å²) >= 11 is 0. The van der Waals surface area contributed by atoms with Crippen molar-refractivity contribution in [2.24, 2.45) is 0 Å². The second-order valence-electron chi connectivity index (χ2n) is 5.21. The van der Waals surface area contributed by atoms with Crippen LogP contribution in [0, 0.1) is 0 Å². The minimum atomic E-state index is 0.0440. The van der Waals surface area contributed by atoms with Gasteiger partial charge in [-0.15, -0.1) is 0 Å². The van der Waals surface area contributed by atoms with Gasteiger partial charge in [-0.05, 0) is 36.1 Å². The Kier molecular flexibility index (Phi) is 6.22. The van der Waals surface area contributed by atoms with E-state index in [2.05, 4.69) is 42.7 Å². The van der Waals surface area contributed by atoms with Crippen LogP contribution in [-0.4, -0.2) is 12.5 Å². The average Bonchev–Trinajstić information content (AvgIpc) is 3.05. The number of aryl methyl sites for hydroxylation is 2. The average molecular weight is 300 g/mol. The molecule has 1 aromatic heterocycles. The first-order valence-corrected chi connectivity index (χ1v) is 7.88. The molecule has 0 saturated carbocycles. The van der Waals surface area contributed by atoms with Crippen LogP contribution in [0.2, 0.25) is 0 Å². The van der Waals surface area contributed by atoms with Gasteiger partial charge >= 0.3 is 0 Å². The van der Waals surface area contributed by atoms with E-state index < -0.39 is 0 Å². The molecule has 118 valence electrons. The summed E-state index contributed by atoms with van der Waals surface area (Å²) in [5.74, 6) is 0.924. The lowest BCUT2D eigenvalue weighted by atomic mass is 10.0. The van der Waals surface area contributed by atoms with Crippen molar-refractivity contribution in [3.05, 3.63) is 53.5 Å². The minimum absolute atomic E-state index is 0.0440. The van der Waals surface area contributed by atoms with Gasteiger partial charge in [-0.25, -0.2) is 0 Å². The molecule has 4 heteroatoms. The molecule has 0 aliphatic heterocycles. The van der Waals surface area contributed by atoms with E-state index in [0.717, 1.165) is 24.3 Å². The highest BCUT2D eigenvalue weighted by molar-refractivity contribution is 5.92. The topological polar surface area (TPSA) is 54.3 Å². The van der Waals surface area contributed by atoms with Gasteiger partial charge < -0.3 is 15.1 Å². The molecular weight excluding hydrogens is 276 g/mol. The number of amides is 1. The zero-order valence-electron chi connectivity index (χ0n) is 13.3. The van der Waals surface area contributed by atoms with Gasteiger partial charge in [-0.1, -0.05) is 32.0 Å². The Morgan fingerprint density at radius 1 is 1.09 bits per heavy atom. The highest BCUT2D eigenvalue weighted by Gasteiger charge is 2.09. The molecule has 0 unspecified atom stereocenters. The lowest BCUT2D eigenvalue weighted by Crippen LogP contribution is -2.22. The Balaban J connectivity index is 1.84. The largest absolute Gasteiger partial charge is 0.468 e. The zero-order chi connectivity index (χ0) is 15.8. The molecule has 1 aromatic carbocycles. The predicted octanol–water partition coefficient (Wildman–Crippen LogP) is 3.52. The first-order valence-electron chi connectivity index (χ1n) is 7.88. The number of benzene rings is 1. The second-order valence-corrected chi connectivity index (χ2v) is 5.21. The van der Waals surface area contributed by atoms with E-state index in [-0.39, 0.29) is 5.91 Å². The third-order valence-corrected chi connectivity index (χ3v) is 3.67. The Hall–Kier alpha value is -2.07. The maximum atomic E-state index is 12.1. The lowest BCUT2D eigenvalue weighted by Gasteiger charge is -2.14. The van der Waals surface area contributed by atoms with Crippen molar-refractivity contribution < 1.29 is 9.21 Å². The van der Waals surface area contributed by atoms with E-state index in [0.29, 0.717) is 19.5 Å². The summed E-state index contributed by atoms with van der Waals surface area (Å²) in [7, 11) is 0. The van der Waals surface area contributed by atoms with Crippen molar-refractivity contribution >= 4 is 11.6 Å². The summed E-state index contributed by atoms with van der Waals surface area (Å²) in [6, 6.07) is 9.97. The van der Waals surface area contributed by atoms with E-state index in [4.69, 9.17) is 4.42 Å². The van der Waals surface area contributed by atoms with E-state index in [1.54, 1.807) is 6.26 Å². The molecule has 2 N–H and O–H groups in total. The Bertz CT molecular complexity index is 569. The number of para-hydroxylation sites is 1. The van der Waals surface area contributed by atoms with Crippen molar-refractivity contribution in [3.63, 3.8) is 0 Å². The van der Waals surface area contributed by atoms with Gasteiger partial charge in [0.25, 0.3) is 0 Å². The molecule has 0 fully saturated rings. The molecule has 0 aliphatic rings. The third-order valence-electron chi connectivity index (χ3n) is 3.67. The Morgan fingerprint density at radius 3 is 2.41 bits per heavy atom. The third kappa shape index (κ3) is 4.46. The van der Waals surface area contributed by atoms with Gasteiger partial charge in [-0.3, -0.25) is 4.79 Å². The van der Waals surface area contributed by atoms with Gasteiger partial charge in [0, 0.05) is 18.7 Å². The number of rotatable bonds is 8. The fourth-order valence-electron chi connectivity index (χ4n) is 2.43. The number of hydrogen-bond donors (Lipinski definition) is 2. The van der Waals surface area contributed by atoms with E-state index in [1.807, 2.05) is 12.1 Å². The van der Waals surface area contributed by atoms with Gasteiger partial charge in [-0.2, -0.15) is 0 Å². The Labute approximate surface area is 131 Å². The smallest absolute Gasteiger partial charge is 0.225 e. The standard InChI is InChI=1S/C18H24N2O2/c1-3-14-7-5-8-15(4-2)18(14)20-17(21)10-11-19-13-16-9-6-12-22-16/h5-9,12,19H,3-4,10-11,13H2,1-2H3,(H,20,21). The molecular formula is C18H24N2O2. The number of furan rings is 1. The molecule has 0 saturated heterocycles.